The smallest absolute Gasteiger partial charge is 0.164 e. The highest BCUT2D eigenvalue weighted by atomic mass is 15.0. The zero-order chi connectivity index (χ0) is 32.3. The summed E-state index contributed by atoms with van der Waals surface area (Å²) < 4.78 is 0. The van der Waals surface area contributed by atoms with Crippen LogP contribution >= 0.6 is 0 Å². The van der Waals surface area contributed by atoms with Gasteiger partial charge in [-0.15, -0.1) is 0 Å². The SMILES string of the molecule is N#Cc1cccc(-c2nc3ccccc3nc2-c2cccc(-c3nc(-c4ccccc4)nc(-c4ccc(-c5ccccc5)cc4)n3)c2)c1. The number of hydrogen-bond donors (Lipinski definition) is 0. The van der Waals surface area contributed by atoms with Crippen LogP contribution in [-0.4, -0.2) is 24.9 Å². The Morgan fingerprint density at radius 2 is 0.750 bits per heavy atom. The number of rotatable bonds is 6. The Bertz CT molecular complexity index is 2450. The molecule has 6 nitrogen and oxygen atoms in total. The fourth-order valence-corrected chi connectivity index (χ4v) is 5.74. The lowest BCUT2D eigenvalue weighted by Crippen LogP contribution is -2.00. The quantitative estimate of drug-likeness (QED) is 0.185. The van der Waals surface area contributed by atoms with Gasteiger partial charge in [-0.1, -0.05) is 127 Å². The largest absolute Gasteiger partial charge is 0.244 e. The fraction of sp³-hybridized carbons (Fsp3) is 0. The molecule has 0 amide bonds. The second-order valence-electron chi connectivity index (χ2n) is 11.3. The summed E-state index contributed by atoms with van der Waals surface area (Å²) in [7, 11) is 0. The van der Waals surface area contributed by atoms with Gasteiger partial charge in [0.1, 0.15) is 0 Å². The molecule has 0 spiro atoms. The molecule has 0 aliphatic carbocycles. The zero-order valence-corrected chi connectivity index (χ0v) is 25.7. The van der Waals surface area contributed by atoms with E-state index in [1.54, 1.807) is 6.07 Å². The number of hydrogen-bond acceptors (Lipinski definition) is 6. The van der Waals surface area contributed by atoms with E-state index in [0.29, 0.717) is 34.4 Å². The fourth-order valence-electron chi connectivity index (χ4n) is 5.74. The average Bonchev–Trinajstić information content (AvgIpc) is 3.18. The average molecular weight is 615 g/mol. The highest BCUT2D eigenvalue weighted by Gasteiger charge is 2.17. The van der Waals surface area contributed by atoms with Crippen LogP contribution in [0.5, 0.6) is 0 Å². The van der Waals surface area contributed by atoms with Crippen molar-refractivity contribution >= 4 is 11.0 Å². The van der Waals surface area contributed by atoms with Crippen LogP contribution in [0.1, 0.15) is 5.56 Å². The zero-order valence-electron chi connectivity index (χ0n) is 25.7. The Kier molecular flexibility index (Phi) is 7.46. The summed E-state index contributed by atoms with van der Waals surface area (Å²) in [5.41, 5.74) is 10.1. The van der Waals surface area contributed by atoms with E-state index in [9.17, 15) is 5.26 Å². The Morgan fingerprint density at radius 3 is 1.35 bits per heavy atom. The number of nitrogens with zero attached hydrogens (tertiary/aromatic N) is 6. The summed E-state index contributed by atoms with van der Waals surface area (Å²) in [6.07, 6.45) is 0. The summed E-state index contributed by atoms with van der Waals surface area (Å²) in [4.78, 5) is 25.0. The van der Waals surface area contributed by atoms with E-state index in [1.165, 1.54) is 0 Å². The highest BCUT2D eigenvalue weighted by Crippen LogP contribution is 2.34. The third kappa shape index (κ3) is 5.68. The van der Waals surface area contributed by atoms with Gasteiger partial charge in [0.05, 0.1) is 34.1 Å². The van der Waals surface area contributed by atoms with E-state index in [2.05, 4.69) is 42.5 Å². The summed E-state index contributed by atoms with van der Waals surface area (Å²) in [5, 5.41) is 9.60. The van der Waals surface area contributed by atoms with Crippen molar-refractivity contribution in [1.82, 2.24) is 24.9 Å². The lowest BCUT2D eigenvalue weighted by molar-refractivity contribution is 1.07. The molecule has 48 heavy (non-hydrogen) atoms. The van der Waals surface area contributed by atoms with Crippen LogP contribution in [0.2, 0.25) is 0 Å². The Hall–Kier alpha value is -6.84. The Labute approximate surface area is 277 Å². The number of para-hydroxylation sites is 2. The standard InChI is InChI=1S/C42H26N6/c43-27-28-11-9-16-33(25-28)38-39(45-37-20-8-7-19-36(37)44-38)34-17-10-18-35(26-34)42-47-40(31-14-5-2-6-15-31)46-41(48-42)32-23-21-30(22-24-32)29-12-3-1-4-13-29/h1-26H. The van der Waals surface area contributed by atoms with Crippen molar-refractivity contribution in [3.8, 4) is 73.9 Å². The van der Waals surface area contributed by atoms with Gasteiger partial charge < -0.3 is 0 Å². The number of benzene rings is 6. The molecule has 0 aliphatic heterocycles. The molecular formula is C42H26N6. The first-order valence-electron chi connectivity index (χ1n) is 15.6. The first-order valence-corrected chi connectivity index (χ1v) is 15.6. The lowest BCUT2D eigenvalue weighted by atomic mass is 10.0. The van der Waals surface area contributed by atoms with Gasteiger partial charge in [0.15, 0.2) is 17.5 Å². The molecule has 0 saturated heterocycles. The van der Waals surface area contributed by atoms with E-state index in [-0.39, 0.29) is 0 Å². The van der Waals surface area contributed by atoms with Crippen LogP contribution in [0.3, 0.4) is 0 Å². The topological polar surface area (TPSA) is 88.2 Å². The van der Waals surface area contributed by atoms with Crippen LogP contribution in [0.15, 0.2) is 158 Å². The van der Waals surface area contributed by atoms with Crippen molar-refractivity contribution in [3.63, 3.8) is 0 Å². The molecule has 8 rings (SSSR count). The Morgan fingerprint density at radius 1 is 0.333 bits per heavy atom. The van der Waals surface area contributed by atoms with Crippen molar-refractivity contribution in [1.29, 1.82) is 5.26 Å². The molecule has 6 heteroatoms. The minimum atomic E-state index is 0.551. The first-order chi connectivity index (χ1) is 23.7. The van der Waals surface area contributed by atoms with E-state index in [0.717, 1.165) is 50.0 Å². The van der Waals surface area contributed by atoms with Crippen LogP contribution in [0.25, 0.3) is 78.8 Å². The molecule has 0 unspecified atom stereocenters. The summed E-state index contributed by atoms with van der Waals surface area (Å²) >= 11 is 0. The van der Waals surface area contributed by atoms with Crippen LogP contribution in [-0.2, 0) is 0 Å². The van der Waals surface area contributed by atoms with E-state index < -0.39 is 0 Å². The molecule has 0 saturated carbocycles. The molecule has 2 heterocycles. The second-order valence-corrected chi connectivity index (χ2v) is 11.3. The lowest BCUT2D eigenvalue weighted by Gasteiger charge is -2.12. The van der Waals surface area contributed by atoms with Gasteiger partial charge in [0, 0.05) is 27.8 Å². The van der Waals surface area contributed by atoms with E-state index in [4.69, 9.17) is 24.9 Å². The van der Waals surface area contributed by atoms with Crippen LogP contribution < -0.4 is 0 Å². The summed E-state index contributed by atoms with van der Waals surface area (Å²) in [6.45, 7) is 0. The van der Waals surface area contributed by atoms with Crippen molar-refractivity contribution in [2.45, 2.75) is 0 Å². The molecule has 8 aromatic rings. The second kappa shape index (κ2) is 12.5. The predicted octanol–water partition coefficient (Wildman–Crippen LogP) is 9.69. The third-order valence-electron chi connectivity index (χ3n) is 8.15. The Balaban J connectivity index is 1.27. The van der Waals surface area contributed by atoms with Gasteiger partial charge in [-0.2, -0.15) is 5.26 Å². The number of aromatic nitrogens is 5. The monoisotopic (exact) mass is 614 g/mol. The minimum Gasteiger partial charge on any atom is -0.244 e. The molecule has 224 valence electrons. The predicted molar refractivity (Wildman–Crippen MR) is 190 cm³/mol. The van der Waals surface area contributed by atoms with Crippen LogP contribution in [0, 0.1) is 11.3 Å². The van der Waals surface area contributed by atoms with Gasteiger partial charge in [-0.3, -0.25) is 0 Å². The van der Waals surface area contributed by atoms with Crippen molar-refractivity contribution in [2.24, 2.45) is 0 Å². The van der Waals surface area contributed by atoms with Gasteiger partial charge in [-0.05, 0) is 41.5 Å². The number of fused-ring (bicyclic) bond motifs is 1. The van der Waals surface area contributed by atoms with Gasteiger partial charge in [-0.25, -0.2) is 24.9 Å². The van der Waals surface area contributed by atoms with Crippen molar-refractivity contribution in [2.75, 3.05) is 0 Å². The highest BCUT2D eigenvalue weighted by molar-refractivity contribution is 5.87. The van der Waals surface area contributed by atoms with Crippen molar-refractivity contribution in [3.05, 3.63) is 163 Å². The summed E-state index contributed by atoms with van der Waals surface area (Å²) in [6, 6.07) is 54.1. The van der Waals surface area contributed by atoms with E-state index in [1.807, 2.05) is 115 Å². The molecule has 0 aliphatic rings. The van der Waals surface area contributed by atoms with Gasteiger partial charge in [0.2, 0.25) is 0 Å². The maximum Gasteiger partial charge on any atom is 0.164 e. The van der Waals surface area contributed by atoms with Gasteiger partial charge >= 0.3 is 0 Å². The normalized spacial score (nSPS) is 10.9. The minimum absolute atomic E-state index is 0.551. The van der Waals surface area contributed by atoms with Crippen LogP contribution in [0.4, 0.5) is 0 Å². The molecule has 0 radical (unpaired) electrons. The molecule has 0 bridgehead atoms. The van der Waals surface area contributed by atoms with Gasteiger partial charge in [0.25, 0.3) is 0 Å². The number of nitriles is 1. The molecule has 2 aromatic heterocycles. The summed E-state index contributed by atoms with van der Waals surface area (Å²) in [5.74, 6) is 1.73. The van der Waals surface area contributed by atoms with Crippen molar-refractivity contribution < 1.29 is 0 Å². The maximum atomic E-state index is 9.60. The molecule has 0 fully saturated rings. The molecule has 0 N–H and O–H groups in total. The molecule has 0 atom stereocenters. The third-order valence-corrected chi connectivity index (χ3v) is 8.15. The molecule has 6 aromatic carbocycles. The maximum absolute atomic E-state index is 9.60. The molecular weight excluding hydrogens is 589 g/mol. The van der Waals surface area contributed by atoms with E-state index >= 15 is 0 Å². The first kappa shape index (κ1) is 28.6.